The molecule has 1 aliphatic heterocycles. The lowest BCUT2D eigenvalue weighted by molar-refractivity contribution is -0.121. The van der Waals surface area contributed by atoms with Gasteiger partial charge in [-0.1, -0.05) is 13.3 Å². The van der Waals surface area contributed by atoms with Crippen LogP contribution in [-0.2, 0) is 4.79 Å². The van der Waals surface area contributed by atoms with Gasteiger partial charge in [0.05, 0.1) is 0 Å². The van der Waals surface area contributed by atoms with Crippen molar-refractivity contribution >= 4 is 39.2 Å². The minimum atomic E-state index is -0.103. The molecule has 3 rings (SSSR count). The Labute approximate surface area is 193 Å². The molecule has 1 aromatic carbocycles. The number of pyridine rings is 1. The molecule has 2 amide bonds. The van der Waals surface area contributed by atoms with E-state index in [1.807, 2.05) is 35.2 Å². The number of halogens is 1. The zero-order valence-corrected chi connectivity index (χ0v) is 19.9. The van der Waals surface area contributed by atoms with E-state index in [9.17, 15) is 9.59 Å². The van der Waals surface area contributed by atoms with Gasteiger partial charge in [0.1, 0.15) is 5.82 Å². The Morgan fingerprint density at radius 1 is 1.13 bits per heavy atom. The Morgan fingerprint density at radius 2 is 1.84 bits per heavy atom. The highest BCUT2D eigenvalue weighted by Crippen LogP contribution is 2.22. The average molecular weight is 487 g/mol. The van der Waals surface area contributed by atoms with Crippen molar-refractivity contribution in [3.8, 4) is 0 Å². The van der Waals surface area contributed by atoms with Crippen LogP contribution < -0.4 is 10.2 Å². The van der Waals surface area contributed by atoms with Gasteiger partial charge in [-0.05, 0) is 78.5 Å². The molecule has 1 fully saturated rings. The van der Waals surface area contributed by atoms with Gasteiger partial charge >= 0.3 is 0 Å². The summed E-state index contributed by atoms with van der Waals surface area (Å²) in [6.45, 7) is 7.51. The van der Waals surface area contributed by atoms with Crippen LogP contribution in [0.5, 0.6) is 0 Å². The molecular weight excluding hydrogens is 456 g/mol. The van der Waals surface area contributed by atoms with E-state index in [0.29, 0.717) is 37.3 Å². The van der Waals surface area contributed by atoms with E-state index >= 15 is 0 Å². The SMILES string of the molecule is CCCCN(CC)c1ccc(C(=O)N2CCC(C(=O)Nc3ccc(Br)cn3)CC2)cc1. The van der Waals surface area contributed by atoms with E-state index in [-0.39, 0.29) is 17.7 Å². The van der Waals surface area contributed by atoms with Gasteiger partial charge in [0.15, 0.2) is 0 Å². The van der Waals surface area contributed by atoms with E-state index in [0.717, 1.165) is 29.7 Å². The van der Waals surface area contributed by atoms with Crippen LogP contribution in [0.25, 0.3) is 0 Å². The Morgan fingerprint density at radius 3 is 2.42 bits per heavy atom. The van der Waals surface area contributed by atoms with Crippen molar-refractivity contribution in [1.82, 2.24) is 9.88 Å². The number of aromatic nitrogens is 1. The second-order valence-corrected chi connectivity index (χ2v) is 8.81. The van der Waals surface area contributed by atoms with E-state index in [1.165, 1.54) is 6.42 Å². The zero-order chi connectivity index (χ0) is 22.2. The maximum absolute atomic E-state index is 12.9. The lowest BCUT2D eigenvalue weighted by Gasteiger charge is -2.31. The predicted octanol–water partition coefficient (Wildman–Crippen LogP) is 4.96. The fourth-order valence-electron chi connectivity index (χ4n) is 3.84. The van der Waals surface area contributed by atoms with Gasteiger partial charge in [-0.2, -0.15) is 0 Å². The fraction of sp³-hybridized carbons (Fsp3) is 0.458. The summed E-state index contributed by atoms with van der Waals surface area (Å²) in [5.41, 5.74) is 1.86. The number of benzene rings is 1. The van der Waals surface area contributed by atoms with Crippen molar-refractivity contribution in [3.05, 3.63) is 52.6 Å². The molecule has 1 N–H and O–H groups in total. The van der Waals surface area contributed by atoms with Crippen LogP contribution in [0.4, 0.5) is 11.5 Å². The number of carbonyl (C=O) groups excluding carboxylic acids is 2. The molecule has 6 nitrogen and oxygen atoms in total. The van der Waals surface area contributed by atoms with Gasteiger partial charge in [-0.25, -0.2) is 4.98 Å². The standard InChI is InChI=1S/C24H31BrN4O2/c1-3-5-14-28(4-2)21-9-6-19(7-10-21)24(31)29-15-12-18(13-16-29)23(30)27-22-11-8-20(25)17-26-22/h6-11,17-18H,3-5,12-16H2,1-2H3,(H,26,27,30). The zero-order valence-electron chi connectivity index (χ0n) is 18.3. The lowest BCUT2D eigenvalue weighted by Crippen LogP contribution is -2.41. The largest absolute Gasteiger partial charge is 0.372 e. The summed E-state index contributed by atoms with van der Waals surface area (Å²) in [6, 6.07) is 11.5. The summed E-state index contributed by atoms with van der Waals surface area (Å²) >= 11 is 3.34. The summed E-state index contributed by atoms with van der Waals surface area (Å²) < 4.78 is 0.869. The summed E-state index contributed by atoms with van der Waals surface area (Å²) in [6.07, 6.45) is 5.31. The van der Waals surface area contributed by atoms with E-state index in [1.54, 1.807) is 12.3 Å². The third-order valence-electron chi connectivity index (χ3n) is 5.77. The number of piperidine rings is 1. The number of nitrogens with zero attached hydrogens (tertiary/aromatic N) is 3. The van der Waals surface area contributed by atoms with Crippen LogP contribution in [0, 0.1) is 5.92 Å². The van der Waals surface area contributed by atoms with Gasteiger partial charge in [0.2, 0.25) is 5.91 Å². The normalized spacial score (nSPS) is 14.4. The number of carbonyl (C=O) groups is 2. The van der Waals surface area contributed by atoms with Crippen LogP contribution in [-0.4, -0.2) is 47.9 Å². The van der Waals surface area contributed by atoms with Gasteiger partial charge in [0, 0.05) is 54.0 Å². The molecule has 1 aliphatic rings. The third-order valence-corrected chi connectivity index (χ3v) is 6.24. The van der Waals surface area contributed by atoms with Crippen molar-refractivity contribution in [2.45, 2.75) is 39.5 Å². The average Bonchev–Trinajstić information content (AvgIpc) is 2.81. The molecule has 0 unspecified atom stereocenters. The molecule has 0 radical (unpaired) electrons. The predicted molar refractivity (Wildman–Crippen MR) is 128 cm³/mol. The van der Waals surface area contributed by atoms with Crippen LogP contribution >= 0.6 is 15.9 Å². The monoisotopic (exact) mass is 486 g/mol. The molecular formula is C24H31BrN4O2. The minimum Gasteiger partial charge on any atom is -0.372 e. The van der Waals surface area contributed by atoms with Crippen LogP contribution in [0.1, 0.15) is 49.9 Å². The first kappa shape index (κ1) is 23.3. The maximum Gasteiger partial charge on any atom is 0.253 e. The minimum absolute atomic E-state index is 0.0296. The highest BCUT2D eigenvalue weighted by molar-refractivity contribution is 9.10. The smallest absolute Gasteiger partial charge is 0.253 e. The molecule has 2 heterocycles. The summed E-state index contributed by atoms with van der Waals surface area (Å²) in [5.74, 6) is 0.454. The van der Waals surface area contributed by atoms with Crippen molar-refractivity contribution in [2.75, 3.05) is 36.4 Å². The van der Waals surface area contributed by atoms with Gasteiger partial charge in [0.25, 0.3) is 5.91 Å². The summed E-state index contributed by atoms with van der Waals surface area (Å²) in [7, 11) is 0. The topological polar surface area (TPSA) is 65.5 Å². The molecule has 31 heavy (non-hydrogen) atoms. The molecule has 0 atom stereocenters. The van der Waals surface area contributed by atoms with Crippen LogP contribution in [0.2, 0.25) is 0 Å². The number of hydrogen-bond acceptors (Lipinski definition) is 4. The number of nitrogens with one attached hydrogen (secondary N) is 1. The molecule has 7 heteroatoms. The number of hydrogen-bond donors (Lipinski definition) is 1. The van der Waals surface area contributed by atoms with Crippen molar-refractivity contribution < 1.29 is 9.59 Å². The number of amides is 2. The van der Waals surface area contributed by atoms with E-state index < -0.39 is 0 Å². The van der Waals surface area contributed by atoms with E-state index in [4.69, 9.17) is 0 Å². The van der Waals surface area contributed by atoms with Crippen molar-refractivity contribution in [1.29, 1.82) is 0 Å². The highest BCUT2D eigenvalue weighted by atomic mass is 79.9. The van der Waals surface area contributed by atoms with Gasteiger partial charge in [-0.15, -0.1) is 0 Å². The number of likely N-dealkylation sites (tertiary alicyclic amines) is 1. The Balaban J connectivity index is 1.52. The number of rotatable bonds is 8. The molecule has 0 saturated carbocycles. The number of unbranched alkanes of at least 4 members (excludes halogenated alkanes) is 1. The quantitative estimate of drug-likeness (QED) is 0.572. The Bertz CT molecular complexity index is 862. The summed E-state index contributed by atoms with van der Waals surface area (Å²) in [5, 5.41) is 2.87. The summed E-state index contributed by atoms with van der Waals surface area (Å²) in [4.78, 5) is 33.8. The second kappa shape index (κ2) is 11.3. The molecule has 0 spiro atoms. The van der Waals surface area contributed by atoms with Crippen molar-refractivity contribution in [3.63, 3.8) is 0 Å². The van der Waals surface area contributed by atoms with E-state index in [2.05, 4.69) is 45.0 Å². The highest BCUT2D eigenvalue weighted by Gasteiger charge is 2.28. The second-order valence-electron chi connectivity index (χ2n) is 7.90. The molecule has 1 saturated heterocycles. The Hall–Kier alpha value is -2.41. The first-order valence-electron chi connectivity index (χ1n) is 11.1. The Kier molecular flexibility index (Phi) is 8.46. The molecule has 0 bridgehead atoms. The van der Waals surface area contributed by atoms with Crippen LogP contribution in [0.3, 0.4) is 0 Å². The lowest BCUT2D eigenvalue weighted by atomic mass is 9.95. The molecule has 2 aromatic rings. The molecule has 1 aromatic heterocycles. The van der Waals surface area contributed by atoms with Gasteiger partial charge < -0.3 is 15.1 Å². The number of anilines is 2. The van der Waals surface area contributed by atoms with Crippen LogP contribution in [0.15, 0.2) is 47.1 Å². The first-order chi connectivity index (χ1) is 15.0. The molecule has 166 valence electrons. The van der Waals surface area contributed by atoms with Gasteiger partial charge in [-0.3, -0.25) is 9.59 Å². The fourth-order valence-corrected chi connectivity index (χ4v) is 4.07. The third kappa shape index (κ3) is 6.29. The first-order valence-corrected chi connectivity index (χ1v) is 11.9. The maximum atomic E-state index is 12.9. The molecule has 0 aliphatic carbocycles. The van der Waals surface area contributed by atoms with Crippen molar-refractivity contribution in [2.24, 2.45) is 5.92 Å².